The standard InChI is InChI=1S/C29H33N3O3/c1-19(2)16-25(31-28(34)23-14-13-21-10-6-7-11-22(21)17-23)29(35)32-26-18-30-24(27(26)33)15-12-20-8-4-3-5-9-20/h3-11,13-14,17,19,24-26,30H,12,15-16,18H2,1-2H3,(H,31,34)(H,32,35)/t24?,25-,26?/m0/s1. The molecule has 6 nitrogen and oxygen atoms in total. The zero-order valence-electron chi connectivity index (χ0n) is 20.3. The van der Waals surface area contributed by atoms with Gasteiger partial charge in [0.25, 0.3) is 5.91 Å². The average molecular weight is 472 g/mol. The first-order valence-corrected chi connectivity index (χ1v) is 12.3. The minimum atomic E-state index is -0.717. The van der Waals surface area contributed by atoms with Gasteiger partial charge in [0.1, 0.15) is 12.1 Å². The molecule has 0 saturated carbocycles. The zero-order valence-corrected chi connectivity index (χ0v) is 20.3. The van der Waals surface area contributed by atoms with Gasteiger partial charge in [0.05, 0.1) is 6.04 Å². The van der Waals surface area contributed by atoms with E-state index >= 15 is 0 Å². The van der Waals surface area contributed by atoms with E-state index in [0.29, 0.717) is 24.9 Å². The molecule has 3 N–H and O–H groups in total. The quantitative estimate of drug-likeness (QED) is 0.445. The van der Waals surface area contributed by atoms with Crippen LogP contribution in [0, 0.1) is 5.92 Å². The van der Waals surface area contributed by atoms with Crippen molar-refractivity contribution in [3.05, 3.63) is 83.9 Å². The summed E-state index contributed by atoms with van der Waals surface area (Å²) < 4.78 is 0. The molecular weight excluding hydrogens is 438 g/mol. The first-order valence-electron chi connectivity index (χ1n) is 12.3. The van der Waals surface area contributed by atoms with Gasteiger partial charge < -0.3 is 16.0 Å². The second-order valence-electron chi connectivity index (χ2n) is 9.67. The molecule has 1 fully saturated rings. The number of Topliss-reactive ketones (excluding diaryl/α,β-unsaturated/α-hetero) is 1. The Bertz CT molecular complexity index is 1190. The minimum absolute atomic E-state index is 0.00145. The van der Waals surface area contributed by atoms with Crippen molar-refractivity contribution >= 4 is 28.4 Å². The number of carbonyl (C=O) groups excluding carboxylic acids is 3. The predicted molar refractivity (Wildman–Crippen MR) is 138 cm³/mol. The van der Waals surface area contributed by atoms with Gasteiger partial charge in [-0.2, -0.15) is 0 Å². The van der Waals surface area contributed by atoms with Crippen molar-refractivity contribution in [2.75, 3.05) is 6.54 Å². The van der Waals surface area contributed by atoms with Gasteiger partial charge in [-0.3, -0.25) is 14.4 Å². The number of amides is 2. The molecule has 4 rings (SSSR count). The fourth-order valence-corrected chi connectivity index (χ4v) is 4.57. The first kappa shape index (κ1) is 24.6. The van der Waals surface area contributed by atoms with Crippen molar-refractivity contribution < 1.29 is 14.4 Å². The highest BCUT2D eigenvalue weighted by Gasteiger charge is 2.36. The van der Waals surface area contributed by atoms with Crippen molar-refractivity contribution in [2.24, 2.45) is 5.92 Å². The number of benzene rings is 3. The van der Waals surface area contributed by atoms with Crippen LogP contribution in [0.5, 0.6) is 0 Å². The smallest absolute Gasteiger partial charge is 0.251 e. The largest absolute Gasteiger partial charge is 0.343 e. The number of hydrogen-bond donors (Lipinski definition) is 3. The van der Waals surface area contributed by atoms with Gasteiger partial charge in [0.15, 0.2) is 5.78 Å². The molecule has 182 valence electrons. The van der Waals surface area contributed by atoms with Crippen LogP contribution < -0.4 is 16.0 Å². The summed E-state index contributed by atoms with van der Waals surface area (Å²) in [6, 6.07) is 21.8. The van der Waals surface area contributed by atoms with E-state index in [1.165, 1.54) is 5.56 Å². The normalized spacial score (nSPS) is 18.5. The Morgan fingerprint density at radius 3 is 2.43 bits per heavy atom. The molecule has 0 spiro atoms. The van der Waals surface area contributed by atoms with E-state index in [1.807, 2.05) is 80.6 Å². The van der Waals surface area contributed by atoms with Crippen LogP contribution in [0.25, 0.3) is 10.8 Å². The molecule has 0 radical (unpaired) electrons. The maximum Gasteiger partial charge on any atom is 0.251 e. The summed E-state index contributed by atoms with van der Waals surface area (Å²) in [6.07, 6.45) is 1.96. The van der Waals surface area contributed by atoms with Crippen LogP contribution in [0.2, 0.25) is 0 Å². The number of ketones is 1. The molecule has 3 atom stereocenters. The highest BCUT2D eigenvalue weighted by Crippen LogP contribution is 2.17. The fraction of sp³-hybridized carbons (Fsp3) is 0.345. The number of aryl methyl sites for hydroxylation is 1. The number of hydrogen-bond acceptors (Lipinski definition) is 4. The summed E-state index contributed by atoms with van der Waals surface area (Å²) in [5, 5.41) is 11.0. The molecule has 35 heavy (non-hydrogen) atoms. The number of carbonyl (C=O) groups is 3. The van der Waals surface area contributed by atoms with E-state index in [9.17, 15) is 14.4 Å². The summed E-state index contributed by atoms with van der Waals surface area (Å²) in [6.45, 7) is 4.41. The monoisotopic (exact) mass is 471 g/mol. The van der Waals surface area contributed by atoms with Gasteiger partial charge >= 0.3 is 0 Å². The van der Waals surface area contributed by atoms with Crippen molar-refractivity contribution in [3.8, 4) is 0 Å². The first-order chi connectivity index (χ1) is 16.9. The fourth-order valence-electron chi connectivity index (χ4n) is 4.57. The molecule has 2 unspecified atom stereocenters. The summed E-state index contributed by atoms with van der Waals surface area (Å²) in [5.74, 6) is -0.429. The topological polar surface area (TPSA) is 87.3 Å². The molecule has 0 bridgehead atoms. The Kier molecular flexibility index (Phi) is 7.93. The van der Waals surface area contributed by atoms with Gasteiger partial charge in [0.2, 0.25) is 5.91 Å². The van der Waals surface area contributed by atoms with Crippen LogP contribution in [0.4, 0.5) is 0 Å². The summed E-state index contributed by atoms with van der Waals surface area (Å²) in [4.78, 5) is 39.0. The molecule has 1 aliphatic heterocycles. The van der Waals surface area contributed by atoms with E-state index in [-0.39, 0.29) is 29.6 Å². The molecule has 3 aromatic carbocycles. The lowest BCUT2D eigenvalue weighted by Crippen LogP contribution is -2.52. The molecule has 0 aromatic heterocycles. The Morgan fingerprint density at radius 1 is 0.971 bits per heavy atom. The molecule has 0 aliphatic carbocycles. The van der Waals surface area contributed by atoms with Crippen LogP contribution in [0.3, 0.4) is 0 Å². The Labute approximate surface area is 206 Å². The van der Waals surface area contributed by atoms with E-state index in [4.69, 9.17) is 0 Å². The maximum atomic E-state index is 13.1. The SMILES string of the molecule is CC(C)C[C@H](NC(=O)c1ccc2ccccc2c1)C(=O)NC1CNC(CCc2ccccc2)C1=O. The molecule has 1 aliphatic rings. The summed E-state index contributed by atoms with van der Waals surface area (Å²) >= 11 is 0. The van der Waals surface area contributed by atoms with Crippen LogP contribution in [-0.4, -0.2) is 42.3 Å². The van der Waals surface area contributed by atoms with E-state index in [0.717, 1.165) is 17.2 Å². The average Bonchev–Trinajstić information content (AvgIpc) is 3.21. The highest BCUT2D eigenvalue weighted by atomic mass is 16.2. The predicted octanol–water partition coefficient (Wildman–Crippen LogP) is 3.64. The van der Waals surface area contributed by atoms with Gasteiger partial charge in [0, 0.05) is 12.1 Å². The molecule has 6 heteroatoms. The van der Waals surface area contributed by atoms with Crippen molar-refractivity contribution in [1.29, 1.82) is 0 Å². The lowest BCUT2D eigenvalue weighted by molar-refractivity contribution is -0.128. The lowest BCUT2D eigenvalue weighted by Gasteiger charge is -2.22. The third-order valence-electron chi connectivity index (χ3n) is 6.48. The van der Waals surface area contributed by atoms with Crippen molar-refractivity contribution in [3.63, 3.8) is 0 Å². The number of nitrogens with one attached hydrogen (secondary N) is 3. The third kappa shape index (κ3) is 6.34. The highest BCUT2D eigenvalue weighted by molar-refractivity contribution is 6.01. The molecule has 1 saturated heterocycles. The maximum absolute atomic E-state index is 13.1. The van der Waals surface area contributed by atoms with Crippen LogP contribution >= 0.6 is 0 Å². The van der Waals surface area contributed by atoms with Crippen LogP contribution in [0.1, 0.15) is 42.6 Å². The number of rotatable bonds is 9. The molecule has 3 aromatic rings. The van der Waals surface area contributed by atoms with Crippen molar-refractivity contribution in [1.82, 2.24) is 16.0 Å². The van der Waals surface area contributed by atoms with Crippen LogP contribution in [-0.2, 0) is 16.0 Å². The lowest BCUT2D eigenvalue weighted by atomic mass is 10.00. The van der Waals surface area contributed by atoms with Gasteiger partial charge in [-0.05, 0) is 53.6 Å². The summed E-state index contributed by atoms with van der Waals surface area (Å²) in [5.41, 5.74) is 1.69. The Balaban J connectivity index is 1.37. The molecule has 1 heterocycles. The third-order valence-corrected chi connectivity index (χ3v) is 6.48. The second-order valence-corrected chi connectivity index (χ2v) is 9.67. The van der Waals surface area contributed by atoms with E-state index < -0.39 is 12.1 Å². The minimum Gasteiger partial charge on any atom is -0.343 e. The van der Waals surface area contributed by atoms with Crippen molar-refractivity contribution in [2.45, 2.75) is 51.2 Å². The number of fused-ring (bicyclic) bond motifs is 1. The molecular formula is C29H33N3O3. The zero-order chi connectivity index (χ0) is 24.8. The van der Waals surface area contributed by atoms with E-state index in [2.05, 4.69) is 16.0 Å². The summed E-state index contributed by atoms with van der Waals surface area (Å²) in [7, 11) is 0. The second kappa shape index (κ2) is 11.3. The van der Waals surface area contributed by atoms with Crippen LogP contribution in [0.15, 0.2) is 72.8 Å². The van der Waals surface area contributed by atoms with Gasteiger partial charge in [-0.25, -0.2) is 0 Å². The molecule has 2 amide bonds. The van der Waals surface area contributed by atoms with Gasteiger partial charge in [-0.1, -0.05) is 74.5 Å². The Morgan fingerprint density at radius 2 is 1.69 bits per heavy atom. The Hall–Kier alpha value is -3.51. The van der Waals surface area contributed by atoms with Gasteiger partial charge in [-0.15, -0.1) is 0 Å². The van der Waals surface area contributed by atoms with E-state index in [1.54, 1.807) is 6.07 Å².